The van der Waals surface area contributed by atoms with Crippen LogP contribution in [0.1, 0.15) is 18.1 Å². The fourth-order valence-electron chi connectivity index (χ4n) is 2.17. The maximum absolute atomic E-state index is 12.1. The topological polar surface area (TPSA) is 61.7 Å². The second-order valence-corrected chi connectivity index (χ2v) is 7.10. The molecule has 2 aromatic carbocycles. The third-order valence-corrected chi connectivity index (χ3v) is 5.04. The van der Waals surface area contributed by atoms with Gasteiger partial charge in [-0.1, -0.05) is 25.1 Å². The van der Waals surface area contributed by atoms with E-state index in [4.69, 9.17) is 0 Å². The highest BCUT2D eigenvalue weighted by Crippen LogP contribution is 2.30. The van der Waals surface area contributed by atoms with E-state index in [1.807, 2.05) is 24.3 Å². The molecule has 3 rings (SSSR count). The first-order valence-corrected chi connectivity index (χ1v) is 9.03. The van der Waals surface area contributed by atoms with Gasteiger partial charge in [-0.3, -0.25) is 4.79 Å². The van der Waals surface area contributed by atoms with Crippen LogP contribution in [0.3, 0.4) is 0 Å². The van der Waals surface area contributed by atoms with Crippen LogP contribution in [0.5, 0.6) is 5.75 Å². The molecule has 0 radical (unpaired) electrons. The molecule has 2 aromatic rings. The summed E-state index contributed by atoms with van der Waals surface area (Å²) in [4.78, 5) is 17.1. The molecule has 122 valence electrons. The number of rotatable bonds is 3. The number of halogens is 1. The maximum atomic E-state index is 12.1. The van der Waals surface area contributed by atoms with Gasteiger partial charge >= 0.3 is 0 Å². The van der Waals surface area contributed by atoms with Crippen molar-refractivity contribution in [2.75, 3.05) is 0 Å². The molecular weight excluding hydrogens is 388 g/mol. The second-order valence-electron chi connectivity index (χ2n) is 5.21. The van der Waals surface area contributed by atoms with Crippen molar-refractivity contribution >= 4 is 50.5 Å². The zero-order valence-corrected chi connectivity index (χ0v) is 15.3. The van der Waals surface area contributed by atoms with Crippen LogP contribution in [0, 0.1) is 0 Å². The fraction of sp³-hybridized carbons (Fsp3) is 0.111. The Morgan fingerprint density at radius 3 is 2.67 bits per heavy atom. The summed E-state index contributed by atoms with van der Waals surface area (Å²) < 4.78 is 0.588. The number of phenols is 1. The fourth-order valence-corrected chi connectivity index (χ4v) is 3.41. The van der Waals surface area contributed by atoms with Gasteiger partial charge in [0.1, 0.15) is 5.75 Å². The van der Waals surface area contributed by atoms with Crippen LogP contribution in [-0.2, 0) is 11.2 Å². The molecule has 0 bridgehead atoms. The number of carbonyl (C=O) groups excluding carboxylic acids is 1. The van der Waals surface area contributed by atoms with Crippen LogP contribution in [-0.4, -0.2) is 16.2 Å². The number of hydrogen-bond donors (Lipinski definition) is 2. The van der Waals surface area contributed by atoms with Crippen molar-refractivity contribution in [1.82, 2.24) is 5.32 Å². The van der Waals surface area contributed by atoms with Crippen molar-refractivity contribution in [2.45, 2.75) is 13.3 Å². The molecule has 2 N–H and O–H groups in total. The lowest BCUT2D eigenvalue weighted by molar-refractivity contribution is -0.115. The highest BCUT2D eigenvalue weighted by atomic mass is 79.9. The third-order valence-electron chi connectivity index (χ3n) is 3.50. The summed E-state index contributed by atoms with van der Waals surface area (Å²) in [6.45, 7) is 2.10. The standard InChI is InChI=1S/C18H15BrN2O2S/c1-2-11-3-6-13(7-4-11)20-18-21-17(23)16(24-18)10-12-5-8-15(22)14(19)9-12/h3-10,22H,2H2,1H3,(H,20,21,23)/b16-10-. The number of aryl methyl sites for hydroxylation is 1. The van der Waals surface area contributed by atoms with E-state index in [0.717, 1.165) is 17.7 Å². The van der Waals surface area contributed by atoms with E-state index < -0.39 is 0 Å². The van der Waals surface area contributed by atoms with Crippen LogP contribution >= 0.6 is 27.7 Å². The van der Waals surface area contributed by atoms with E-state index in [9.17, 15) is 9.90 Å². The summed E-state index contributed by atoms with van der Waals surface area (Å²) in [6.07, 6.45) is 2.75. The van der Waals surface area contributed by atoms with Crippen molar-refractivity contribution < 1.29 is 9.90 Å². The lowest BCUT2D eigenvalue weighted by Gasteiger charge is -1.99. The van der Waals surface area contributed by atoms with Gasteiger partial charge in [0, 0.05) is 0 Å². The number of hydrogen-bond acceptors (Lipinski definition) is 4. The Balaban J connectivity index is 1.80. The molecule has 1 amide bonds. The Hall–Kier alpha value is -2.05. The zero-order valence-electron chi connectivity index (χ0n) is 12.9. The summed E-state index contributed by atoms with van der Waals surface area (Å²) in [6, 6.07) is 13.0. The summed E-state index contributed by atoms with van der Waals surface area (Å²) in [7, 11) is 0. The number of aliphatic imine (C=N–C) groups is 1. The Morgan fingerprint density at radius 2 is 2.00 bits per heavy atom. The van der Waals surface area contributed by atoms with E-state index in [-0.39, 0.29) is 11.7 Å². The van der Waals surface area contributed by atoms with E-state index in [1.54, 1.807) is 24.3 Å². The average Bonchev–Trinajstić information content (AvgIpc) is 2.91. The Bertz CT molecular complexity index is 845. The van der Waals surface area contributed by atoms with Crippen molar-refractivity contribution in [3.05, 3.63) is 63.0 Å². The Kier molecular flexibility index (Phi) is 5.06. The molecule has 6 heteroatoms. The monoisotopic (exact) mass is 402 g/mol. The summed E-state index contributed by atoms with van der Waals surface area (Å²) in [5.41, 5.74) is 2.88. The number of nitrogens with zero attached hydrogens (tertiary/aromatic N) is 1. The molecule has 1 aliphatic heterocycles. The first kappa shape index (κ1) is 16.8. The zero-order chi connectivity index (χ0) is 17.1. The normalized spacial score (nSPS) is 17.5. The number of carbonyl (C=O) groups is 1. The molecule has 0 unspecified atom stereocenters. The molecule has 24 heavy (non-hydrogen) atoms. The smallest absolute Gasteiger partial charge is 0.264 e. The van der Waals surface area contributed by atoms with Gasteiger partial charge in [0.25, 0.3) is 5.91 Å². The number of phenolic OH excluding ortho intramolecular Hbond substituents is 1. The summed E-state index contributed by atoms with van der Waals surface area (Å²) in [5, 5.41) is 12.9. The molecule has 1 aliphatic rings. The quantitative estimate of drug-likeness (QED) is 0.736. The van der Waals surface area contributed by atoms with E-state index >= 15 is 0 Å². The van der Waals surface area contributed by atoms with Gasteiger partial charge in [0.05, 0.1) is 15.1 Å². The van der Waals surface area contributed by atoms with Gasteiger partial charge in [-0.2, -0.15) is 0 Å². The first-order valence-electron chi connectivity index (χ1n) is 7.42. The number of benzene rings is 2. The molecule has 0 spiro atoms. The number of amidine groups is 1. The van der Waals surface area contributed by atoms with Gasteiger partial charge in [0.15, 0.2) is 5.17 Å². The van der Waals surface area contributed by atoms with E-state index in [2.05, 4.69) is 33.2 Å². The summed E-state index contributed by atoms with van der Waals surface area (Å²) >= 11 is 4.57. The molecule has 1 heterocycles. The minimum atomic E-state index is -0.173. The number of amides is 1. The summed E-state index contributed by atoms with van der Waals surface area (Å²) in [5.74, 6) is -0.00780. The first-order chi connectivity index (χ1) is 11.5. The lowest BCUT2D eigenvalue weighted by Crippen LogP contribution is -2.19. The number of aromatic hydroxyl groups is 1. The Labute approximate surface area is 152 Å². The van der Waals surface area contributed by atoms with E-state index in [1.165, 1.54) is 17.3 Å². The molecule has 0 atom stereocenters. The SMILES string of the molecule is CCc1ccc(N=C2NC(=O)/C(=C/c3ccc(O)c(Br)c3)S2)cc1. The Morgan fingerprint density at radius 1 is 1.25 bits per heavy atom. The van der Waals surface area contributed by atoms with Gasteiger partial charge in [-0.15, -0.1) is 0 Å². The van der Waals surface area contributed by atoms with E-state index in [0.29, 0.717) is 14.5 Å². The molecule has 0 saturated carbocycles. The average molecular weight is 403 g/mol. The van der Waals surface area contributed by atoms with Gasteiger partial charge in [-0.25, -0.2) is 4.99 Å². The highest BCUT2D eigenvalue weighted by molar-refractivity contribution is 9.10. The predicted octanol–water partition coefficient (Wildman–Crippen LogP) is 4.61. The van der Waals surface area contributed by atoms with Crippen LogP contribution in [0.25, 0.3) is 6.08 Å². The van der Waals surface area contributed by atoms with Crippen molar-refractivity contribution in [2.24, 2.45) is 4.99 Å². The molecular formula is C18H15BrN2O2S. The number of thioether (sulfide) groups is 1. The second kappa shape index (κ2) is 7.23. The van der Waals surface area contributed by atoms with Crippen LogP contribution < -0.4 is 5.32 Å². The molecule has 1 fully saturated rings. The number of nitrogens with one attached hydrogen (secondary N) is 1. The van der Waals surface area contributed by atoms with Gasteiger partial charge in [-0.05, 0) is 75.6 Å². The van der Waals surface area contributed by atoms with Crippen LogP contribution in [0.2, 0.25) is 0 Å². The minimum absolute atomic E-state index is 0.165. The van der Waals surface area contributed by atoms with Gasteiger partial charge in [0.2, 0.25) is 0 Å². The largest absolute Gasteiger partial charge is 0.507 e. The minimum Gasteiger partial charge on any atom is -0.507 e. The van der Waals surface area contributed by atoms with Crippen LogP contribution in [0.4, 0.5) is 5.69 Å². The third kappa shape index (κ3) is 3.88. The van der Waals surface area contributed by atoms with Crippen molar-refractivity contribution in [3.63, 3.8) is 0 Å². The van der Waals surface area contributed by atoms with Crippen molar-refractivity contribution in [1.29, 1.82) is 0 Å². The van der Waals surface area contributed by atoms with Crippen LogP contribution in [0.15, 0.2) is 56.8 Å². The van der Waals surface area contributed by atoms with Crippen molar-refractivity contribution in [3.8, 4) is 5.75 Å². The molecule has 4 nitrogen and oxygen atoms in total. The molecule has 0 aromatic heterocycles. The maximum Gasteiger partial charge on any atom is 0.264 e. The lowest BCUT2D eigenvalue weighted by atomic mass is 10.2. The molecule has 1 saturated heterocycles. The predicted molar refractivity (Wildman–Crippen MR) is 102 cm³/mol. The highest BCUT2D eigenvalue weighted by Gasteiger charge is 2.23. The molecule has 0 aliphatic carbocycles. The van der Waals surface area contributed by atoms with Gasteiger partial charge < -0.3 is 10.4 Å².